The number of anilines is 1. The fourth-order valence-electron chi connectivity index (χ4n) is 7.19. The highest BCUT2D eigenvalue weighted by molar-refractivity contribution is 7.89. The van der Waals surface area contributed by atoms with Crippen LogP contribution in [0.1, 0.15) is 81.3 Å². The van der Waals surface area contributed by atoms with Crippen molar-refractivity contribution in [3.8, 4) is 5.75 Å². The zero-order valence-electron chi connectivity index (χ0n) is 26.8. The molecular weight excluding hydrogens is 612 g/mol. The third kappa shape index (κ3) is 8.23. The highest BCUT2D eigenvalue weighted by Gasteiger charge is 2.44. The van der Waals surface area contributed by atoms with E-state index in [9.17, 15) is 18.3 Å². The number of sulfonamides is 1. The first-order valence-corrected chi connectivity index (χ1v) is 18.1. The number of allylic oxidation sites excluding steroid dienone is 1. The lowest BCUT2D eigenvalue weighted by atomic mass is 9.68. The quantitative estimate of drug-likeness (QED) is 0.250. The molecule has 1 heterocycles. The molecule has 45 heavy (non-hydrogen) atoms. The maximum Gasteiger partial charge on any atom is 0.338 e. The van der Waals surface area contributed by atoms with Gasteiger partial charge >= 0.3 is 5.97 Å². The Morgan fingerprint density at radius 3 is 2.71 bits per heavy atom. The molecule has 10 heteroatoms. The van der Waals surface area contributed by atoms with Gasteiger partial charge in [0.05, 0.1) is 29.7 Å². The minimum absolute atomic E-state index is 0.0739. The summed E-state index contributed by atoms with van der Waals surface area (Å²) in [6, 6.07) is 11.7. The van der Waals surface area contributed by atoms with Crippen molar-refractivity contribution in [2.24, 2.45) is 22.9 Å². The number of aliphatic hydroxyl groups is 1. The summed E-state index contributed by atoms with van der Waals surface area (Å²) in [5.74, 6) is 0.454. The van der Waals surface area contributed by atoms with Crippen LogP contribution in [0.2, 0.25) is 5.02 Å². The first-order valence-electron chi connectivity index (χ1n) is 16.0. The van der Waals surface area contributed by atoms with Gasteiger partial charge in [0.15, 0.2) is 0 Å². The summed E-state index contributed by atoms with van der Waals surface area (Å²) in [6.45, 7) is 9.35. The van der Waals surface area contributed by atoms with Crippen molar-refractivity contribution in [2.45, 2.75) is 83.3 Å². The molecule has 5 rings (SSSR count). The van der Waals surface area contributed by atoms with Gasteiger partial charge in [0.25, 0.3) is 0 Å². The van der Waals surface area contributed by atoms with Crippen LogP contribution in [0.25, 0.3) is 0 Å². The molecule has 0 saturated heterocycles. The van der Waals surface area contributed by atoms with Gasteiger partial charge in [-0.15, -0.1) is 0 Å². The predicted octanol–water partition coefficient (Wildman–Crippen LogP) is 6.03. The summed E-state index contributed by atoms with van der Waals surface area (Å²) < 4.78 is 35.1. The van der Waals surface area contributed by atoms with Gasteiger partial charge in [-0.25, -0.2) is 18.4 Å². The van der Waals surface area contributed by atoms with Crippen LogP contribution in [0.5, 0.6) is 5.75 Å². The molecule has 0 bridgehead atoms. The van der Waals surface area contributed by atoms with Crippen LogP contribution in [0.4, 0.5) is 5.69 Å². The largest absolute Gasteiger partial charge is 0.490 e. The van der Waals surface area contributed by atoms with Crippen molar-refractivity contribution in [3.05, 3.63) is 70.3 Å². The standard InChI is InChI=1S/C35H47ClN2O6S/c1-23(20-45(37,41)42)7-5-9-31(39)28-13-10-26(28)19-38-21-35(16-6-8-24-17-27(36)12-14-29(24)35)22-43-32-15-11-25(18-30(32)38)33(40)44-34(2,3)4/h5,9,11-12,14-15,17-18,23,26,28,31,39H,6-8,10,13,16,19-22H2,1-4H3,(H2,37,41,42)/b9-5+/t23-,26-,28+,31-,35-/m0/s1. The van der Waals surface area contributed by atoms with Gasteiger partial charge in [-0.1, -0.05) is 36.7 Å². The van der Waals surface area contributed by atoms with E-state index in [0.29, 0.717) is 31.7 Å². The SMILES string of the molecule is C[C@@H](C/C=C/[C@H](O)[C@@H]1CC[C@H]1CN1C[C@@]2(CCCc3cc(Cl)ccc32)COc2ccc(C(=O)OC(C)(C)C)cc21)CS(N)(=O)=O. The fourth-order valence-corrected chi connectivity index (χ4v) is 8.31. The minimum Gasteiger partial charge on any atom is -0.490 e. The number of halogens is 1. The number of rotatable bonds is 9. The lowest BCUT2D eigenvalue weighted by Crippen LogP contribution is -2.49. The monoisotopic (exact) mass is 658 g/mol. The van der Waals surface area contributed by atoms with E-state index < -0.39 is 21.7 Å². The van der Waals surface area contributed by atoms with Crippen molar-refractivity contribution in [1.82, 2.24) is 0 Å². The molecular formula is C35H47ClN2O6S. The van der Waals surface area contributed by atoms with E-state index in [4.69, 9.17) is 26.2 Å². The van der Waals surface area contributed by atoms with E-state index in [2.05, 4.69) is 17.0 Å². The Kier molecular flexibility index (Phi) is 9.95. The second-order valence-corrected chi connectivity index (χ2v) is 16.5. The molecule has 1 aliphatic heterocycles. The Labute approximate surface area is 273 Å². The van der Waals surface area contributed by atoms with Crippen LogP contribution < -0.4 is 14.8 Å². The molecule has 3 N–H and O–H groups in total. The normalized spacial score (nSPS) is 24.6. The average molecular weight is 659 g/mol. The summed E-state index contributed by atoms with van der Waals surface area (Å²) in [5.41, 5.74) is 3.01. The Bertz CT molecular complexity index is 1540. The number of nitrogens with two attached hydrogens (primary N) is 1. The number of nitrogens with zero attached hydrogens (tertiary/aromatic N) is 1. The second-order valence-electron chi connectivity index (χ2n) is 14.4. The number of hydrogen-bond acceptors (Lipinski definition) is 7. The third-order valence-corrected chi connectivity index (χ3v) is 10.7. The number of carbonyl (C=O) groups is 1. The van der Waals surface area contributed by atoms with Gasteiger partial charge in [0.1, 0.15) is 11.4 Å². The molecule has 2 aromatic rings. The number of hydrogen-bond donors (Lipinski definition) is 2. The number of aryl methyl sites for hydroxylation is 1. The predicted molar refractivity (Wildman–Crippen MR) is 179 cm³/mol. The molecule has 1 fully saturated rings. The Morgan fingerprint density at radius 1 is 1.24 bits per heavy atom. The molecule has 3 aliphatic rings. The summed E-state index contributed by atoms with van der Waals surface area (Å²) in [5, 5.41) is 17.1. The number of carbonyl (C=O) groups excluding carboxylic acids is 1. The smallest absolute Gasteiger partial charge is 0.338 e. The zero-order valence-corrected chi connectivity index (χ0v) is 28.4. The van der Waals surface area contributed by atoms with Crippen molar-refractivity contribution >= 4 is 33.3 Å². The van der Waals surface area contributed by atoms with E-state index in [1.165, 1.54) is 11.1 Å². The van der Waals surface area contributed by atoms with Crippen LogP contribution in [0, 0.1) is 17.8 Å². The van der Waals surface area contributed by atoms with Crippen LogP contribution in [-0.2, 0) is 26.6 Å². The lowest BCUT2D eigenvalue weighted by molar-refractivity contribution is 0.00694. The molecule has 2 aliphatic carbocycles. The number of esters is 1. The molecule has 5 atom stereocenters. The Balaban J connectivity index is 1.41. The van der Waals surface area contributed by atoms with Crippen LogP contribution in [-0.4, -0.2) is 56.6 Å². The second kappa shape index (κ2) is 13.3. The van der Waals surface area contributed by atoms with E-state index in [-0.39, 0.29) is 34.9 Å². The van der Waals surface area contributed by atoms with Gasteiger partial charge < -0.3 is 19.5 Å². The van der Waals surface area contributed by atoms with Gasteiger partial charge in [-0.3, -0.25) is 0 Å². The molecule has 0 aromatic heterocycles. The Morgan fingerprint density at radius 2 is 2.02 bits per heavy atom. The molecule has 1 spiro atoms. The van der Waals surface area contributed by atoms with Crippen molar-refractivity contribution in [1.29, 1.82) is 0 Å². The molecule has 0 amide bonds. The first kappa shape index (κ1) is 33.8. The third-order valence-electron chi connectivity index (χ3n) is 9.43. The maximum absolute atomic E-state index is 13.1. The average Bonchev–Trinajstić information content (AvgIpc) is 3.06. The van der Waals surface area contributed by atoms with Gasteiger partial charge in [-0.05, 0) is 119 Å². The number of primary sulfonamides is 1. The summed E-state index contributed by atoms with van der Waals surface area (Å²) >= 11 is 6.41. The number of fused-ring (bicyclic) bond motifs is 3. The van der Waals surface area contributed by atoms with Crippen LogP contribution >= 0.6 is 11.6 Å². The Hall–Kier alpha value is -2.59. The van der Waals surface area contributed by atoms with E-state index in [0.717, 1.165) is 48.6 Å². The van der Waals surface area contributed by atoms with E-state index >= 15 is 0 Å². The highest BCUT2D eigenvalue weighted by Crippen LogP contribution is 2.46. The van der Waals surface area contributed by atoms with E-state index in [1.807, 2.05) is 52.0 Å². The molecule has 2 aromatic carbocycles. The van der Waals surface area contributed by atoms with Crippen molar-refractivity contribution < 1.29 is 27.8 Å². The van der Waals surface area contributed by atoms with Gasteiger partial charge in [-0.2, -0.15) is 0 Å². The van der Waals surface area contributed by atoms with Crippen LogP contribution in [0.3, 0.4) is 0 Å². The molecule has 1 saturated carbocycles. The summed E-state index contributed by atoms with van der Waals surface area (Å²) in [7, 11) is -3.53. The first-order chi connectivity index (χ1) is 21.1. The summed E-state index contributed by atoms with van der Waals surface area (Å²) in [6.07, 6.45) is 8.45. The molecule has 246 valence electrons. The van der Waals surface area contributed by atoms with E-state index in [1.54, 1.807) is 12.1 Å². The minimum atomic E-state index is -3.53. The molecule has 8 nitrogen and oxygen atoms in total. The number of benzene rings is 2. The lowest BCUT2D eigenvalue weighted by Gasteiger charge is -2.45. The van der Waals surface area contributed by atoms with Crippen LogP contribution in [0.15, 0.2) is 48.6 Å². The number of ether oxygens (including phenoxy) is 2. The van der Waals surface area contributed by atoms with Crippen molar-refractivity contribution in [3.63, 3.8) is 0 Å². The molecule has 0 radical (unpaired) electrons. The number of aliphatic hydroxyl groups excluding tert-OH is 1. The van der Waals surface area contributed by atoms with Gasteiger partial charge in [0, 0.05) is 23.5 Å². The van der Waals surface area contributed by atoms with Gasteiger partial charge in [0.2, 0.25) is 10.0 Å². The summed E-state index contributed by atoms with van der Waals surface area (Å²) in [4.78, 5) is 15.5. The highest BCUT2D eigenvalue weighted by atomic mass is 35.5. The fraction of sp³-hybridized carbons (Fsp3) is 0.571. The molecule has 0 unspecified atom stereocenters. The topological polar surface area (TPSA) is 119 Å². The van der Waals surface area contributed by atoms with Crippen molar-refractivity contribution in [2.75, 3.05) is 30.3 Å². The maximum atomic E-state index is 13.1. The zero-order chi connectivity index (χ0) is 32.6.